The highest BCUT2D eigenvalue weighted by atomic mass is 16.3. The fourth-order valence-electron chi connectivity index (χ4n) is 11.0. The molecule has 0 bridgehead atoms. The monoisotopic (exact) mass is 1270 g/mol. The van der Waals surface area contributed by atoms with Gasteiger partial charge in [0.25, 0.3) is 0 Å². The zero-order chi connectivity index (χ0) is 71.7. The highest BCUT2D eigenvalue weighted by Gasteiger charge is 2.45. The van der Waals surface area contributed by atoms with Gasteiger partial charge in [-0.1, -0.05) is 145 Å². The molecule has 1 aromatic rings. The van der Waals surface area contributed by atoms with Crippen LogP contribution >= 0.6 is 0 Å². The maximum atomic E-state index is 12.5. The minimum Gasteiger partial charge on any atom is -0.394 e. The summed E-state index contributed by atoms with van der Waals surface area (Å²) in [5.74, 6) is 1.53. The van der Waals surface area contributed by atoms with Gasteiger partial charge >= 0.3 is 0 Å². The van der Waals surface area contributed by atoms with Crippen molar-refractivity contribution in [3.63, 3.8) is 0 Å². The molecule has 6 N–H and O–H groups in total. The lowest BCUT2D eigenvalue weighted by molar-refractivity contribution is -0.140. The molecule has 0 aliphatic carbocycles. The van der Waals surface area contributed by atoms with Crippen molar-refractivity contribution in [1.29, 1.82) is 0 Å². The van der Waals surface area contributed by atoms with Gasteiger partial charge in [-0.2, -0.15) is 0 Å². The first kappa shape index (κ1) is 89.0. The van der Waals surface area contributed by atoms with Crippen LogP contribution in [0.2, 0.25) is 0 Å². The smallest absolute Gasteiger partial charge is 0.157 e. The maximum absolute atomic E-state index is 12.5. The van der Waals surface area contributed by atoms with Crippen molar-refractivity contribution in [2.24, 2.45) is 32.5 Å². The molecule has 3 aliphatic rings. The number of hydrogen-bond acceptors (Lipinski definition) is 15. The van der Waals surface area contributed by atoms with Crippen LogP contribution in [0.25, 0.3) is 0 Å². The SMILES string of the molecule is CC(C)(C)C(=O)C1CCCN1C(C)(C)C.CC(C)(C)C(=O)C1CCN1C(C)(C)C.CC(C)(C)NC(Cc1cnc[nH]1)C(=O)C(C)(C)C.CC(C)N1CCCCC1C(=O)C(C)(C)C.CC(C)NC(CO)C(=O)C(C)(C)C.CC(O)C(NC(C)(C)C)C(=O)C(C)(C)C. The summed E-state index contributed by atoms with van der Waals surface area (Å²) >= 11 is 0. The molecule has 1 aromatic heterocycles. The van der Waals surface area contributed by atoms with E-state index in [4.69, 9.17) is 5.11 Å². The third kappa shape index (κ3) is 33.3. The van der Waals surface area contributed by atoms with E-state index in [9.17, 15) is 33.9 Å². The van der Waals surface area contributed by atoms with Crippen LogP contribution in [0, 0.1) is 32.5 Å². The molecule has 0 amide bonds. The minimum absolute atomic E-state index is 0.0485. The first-order valence-electron chi connectivity index (χ1n) is 34.1. The number of aromatic amines is 1. The van der Waals surface area contributed by atoms with E-state index in [2.05, 4.69) is 117 Å². The standard InChI is InChI=1S/C14H25N3O.2C13H25NO.C12H25NO2.C12H23NO.C10H21NO2/c1-13(2,3)12(18)11(17-14(4,5)6)7-10-8-15-9-16-10;1-12(2,3)11(15)10-8-7-9-14(10)13(4,5)6;1-10(2)14-9-7-6-8-11(14)12(15)13(3,4)5;1-8(14)9(13-12(5,6)7)10(15)11(2,3)4;1-11(2,3)10(14)9-7-8-13(9)12(4,5)6;1-7(2)11-8(6-12)9(13)10(3,4)5/h8-9,11,17H,7H2,1-6H3,(H,15,16);10H,7-9H2,1-6H3;10-11H,6-9H2,1-5H3;8-9,13-14H,1-7H3;9H,7-8H2,1-6H3;7-8,11-12H,6H2,1-5H3. The number of piperidine rings is 1. The predicted octanol–water partition coefficient (Wildman–Crippen LogP) is 13.2. The first-order valence-corrected chi connectivity index (χ1v) is 34.1. The van der Waals surface area contributed by atoms with Gasteiger partial charge in [-0.15, -0.1) is 0 Å². The summed E-state index contributed by atoms with van der Waals surface area (Å²) in [6.07, 6.45) is 10.1. The number of aliphatic hydroxyl groups excluding tert-OH is 2. The molecule has 4 heterocycles. The van der Waals surface area contributed by atoms with Gasteiger partial charge in [0.2, 0.25) is 0 Å². The van der Waals surface area contributed by atoms with Gasteiger partial charge in [-0.25, -0.2) is 4.98 Å². The van der Waals surface area contributed by atoms with Crippen LogP contribution in [0.1, 0.15) is 287 Å². The van der Waals surface area contributed by atoms with E-state index in [1.54, 1.807) is 19.4 Å². The Morgan fingerprint density at radius 2 is 0.889 bits per heavy atom. The van der Waals surface area contributed by atoms with Crippen LogP contribution in [0.5, 0.6) is 0 Å². The molecule has 16 nitrogen and oxygen atoms in total. The average Bonchev–Trinajstić information content (AvgIpc) is 1.24. The number of aromatic nitrogens is 2. The second kappa shape index (κ2) is 35.6. The van der Waals surface area contributed by atoms with Gasteiger partial charge in [0.15, 0.2) is 34.7 Å². The van der Waals surface area contributed by atoms with E-state index in [1.165, 1.54) is 12.8 Å². The number of ketones is 6. The fourth-order valence-corrected chi connectivity index (χ4v) is 11.0. The zero-order valence-corrected chi connectivity index (χ0v) is 64.8. The van der Waals surface area contributed by atoms with Gasteiger partial charge in [0.05, 0.1) is 55.3 Å². The van der Waals surface area contributed by atoms with Crippen molar-refractivity contribution < 1.29 is 39.0 Å². The largest absolute Gasteiger partial charge is 0.394 e. The summed E-state index contributed by atoms with van der Waals surface area (Å²) in [6, 6.07) is 0.0549. The predicted molar refractivity (Wildman–Crippen MR) is 377 cm³/mol. The molecule has 528 valence electrons. The number of nitrogens with zero attached hydrogens (tertiary/aromatic N) is 4. The Morgan fingerprint density at radius 1 is 0.500 bits per heavy atom. The van der Waals surface area contributed by atoms with Crippen molar-refractivity contribution in [2.45, 2.75) is 364 Å². The van der Waals surface area contributed by atoms with Crippen LogP contribution in [-0.2, 0) is 35.2 Å². The third-order valence-corrected chi connectivity index (χ3v) is 15.8. The van der Waals surface area contributed by atoms with E-state index in [0.29, 0.717) is 29.8 Å². The van der Waals surface area contributed by atoms with Crippen LogP contribution in [0.4, 0.5) is 0 Å². The summed E-state index contributed by atoms with van der Waals surface area (Å²) in [6.45, 7) is 73.6. The van der Waals surface area contributed by atoms with Crippen molar-refractivity contribution in [3.8, 4) is 0 Å². The molecule has 7 unspecified atom stereocenters. The Bertz CT molecular complexity index is 2250. The number of nitrogens with one attached hydrogen (secondary N) is 4. The van der Waals surface area contributed by atoms with Crippen molar-refractivity contribution in [2.75, 3.05) is 26.2 Å². The van der Waals surface area contributed by atoms with Gasteiger partial charge in [-0.05, 0) is 149 Å². The Labute approximate surface area is 552 Å². The molecule has 3 fully saturated rings. The maximum Gasteiger partial charge on any atom is 0.157 e. The molecule has 0 saturated carbocycles. The van der Waals surface area contributed by atoms with Gasteiger partial charge in [0, 0.05) is 91.6 Å². The Morgan fingerprint density at radius 3 is 1.20 bits per heavy atom. The zero-order valence-electron chi connectivity index (χ0n) is 64.8. The van der Waals surface area contributed by atoms with Crippen molar-refractivity contribution in [3.05, 3.63) is 18.2 Å². The number of Topliss-reactive ketones (excluding diaryl/α,β-unsaturated/α-hetero) is 6. The highest BCUT2D eigenvalue weighted by Crippen LogP contribution is 2.34. The normalized spacial score (nSPS) is 19.9. The van der Waals surface area contributed by atoms with E-state index in [-0.39, 0.29) is 98.0 Å². The number of imidazole rings is 1. The second-order valence-corrected chi connectivity index (χ2v) is 36.6. The first-order chi connectivity index (χ1) is 39.9. The molecular weight excluding hydrogens is 1130 g/mol. The van der Waals surface area contributed by atoms with Crippen LogP contribution in [0.3, 0.4) is 0 Å². The molecular formula is C74H144N8O8. The number of H-pyrrole nitrogens is 1. The lowest BCUT2D eigenvalue weighted by atomic mass is 9.79. The Balaban J connectivity index is 0. The lowest BCUT2D eigenvalue weighted by Gasteiger charge is -2.50. The third-order valence-electron chi connectivity index (χ3n) is 15.8. The number of likely N-dealkylation sites (tertiary alicyclic amines) is 3. The van der Waals surface area contributed by atoms with Crippen LogP contribution < -0.4 is 16.0 Å². The van der Waals surface area contributed by atoms with E-state index < -0.39 is 29.0 Å². The lowest BCUT2D eigenvalue weighted by Crippen LogP contribution is -2.62. The average molecular weight is 1270 g/mol. The molecule has 16 heteroatoms. The molecule has 0 spiro atoms. The number of hydrogen-bond donors (Lipinski definition) is 6. The number of carbonyl (C=O) groups is 6. The van der Waals surface area contributed by atoms with Gasteiger partial charge in [0.1, 0.15) is 0 Å². The van der Waals surface area contributed by atoms with Gasteiger partial charge in [-0.3, -0.25) is 43.5 Å². The number of carbonyl (C=O) groups excluding carboxylic acids is 6. The molecule has 0 radical (unpaired) electrons. The summed E-state index contributed by atoms with van der Waals surface area (Å²) in [4.78, 5) is 87.0. The molecule has 90 heavy (non-hydrogen) atoms. The van der Waals surface area contributed by atoms with E-state index in [0.717, 1.165) is 51.0 Å². The van der Waals surface area contributed by atoms with Crippen molar-refractivity contribution >= 4 is 34.7 Å². The Kier molecular flexibility index (Phi) is 35.2. The Hall–Kier alpha value is -3.09. The quantitative estimate of drug-likeness (QED) is 0.0963. The molecule has 3 saturated heterocycles. The van der Waals surface area contributed by atoms with Crippen LogP contribution in [-0.4, -0.2) is 172 Å². The van der Waals surface area contributed by atoms with Gasteiger partial charge < -0.3 is 31.1 Å². The molecule has 4 rings (SSSR count). The minimum atomic E-state index is -0.670. The van der Waals surface area contributed by atoms with Crippen LogP contribution in [0.15, 0.2) is 12.5 Å². The molecule has 3 aliphatic heterocycles. The fraction of sp³-hybridized carbons (Fsp3) is 0.878. The summed E-state index contributed by atoms with van der Waals surface area (Å²) < 4.78 is 0. The number of rotatable bonds is 15. The molecule has 7 atom stereocenters. The number of aliphatic hydroxyl groups is 2. The van der Waals surface area contributed by atoms with E-state index >= 15 is 0 Å². The summed E-state index contributed by atoms with van der Waals surface area (Å²) in [5.41, 5.74) is -0.824. The van der Waals surface area contributed by atoms with E-state index in [1.807, 2.05) is 159 Å². The highest BCUT2D eigenvalue weighted by molar-refractivity contribution is 5.91. The summed E-state index contributed by atoms with van der Waals surface area (Å²) in [5, 5.41) is 28.3. The summed E-state index contributed by atoms with van der Waals surface area (Å²) in [7, 11) is 0. The topological polar surface area (TPSA) is 217 Å². The molecule has 0 aromatic carbocycles. The van der Waals surface area contributed by atoms with Crippen molar-refractivity contribution in [1.82, 2.24) is 40.6 Å². The second-order valence-electron chi connectivity index (χ2n) is 36.6.